The van der Waals surface area contributed by atoms with Crippen molar-refractivity contribution in [2.75, 3.05) is 20.8 Å². The van der Waals surface area contributed by atoms with Crippen molar-refractivity contribution in [3.05, 3.63) is 12.7 Å². The van der Waals surface area contributed by atoms with Crippen LogP contribution in [0.3, 0.4) is 0 Å². The molecule has 0 rings (SSSR count). The number of carbonyl (C=O) groups is 1. The lowest BCUT2D eigenvalue weighted by Crippen LogP contribution is -2.34. The van der Waals surface area contributed by atoms with Crippen molar-refractivity contribution in [3.8, 4) is 0 Å². The van der Waals surface area contributed by atoms with Crippen LogP contribution < -0.4 is 0 Å². The maximum Gasteiger partial charge on any atom is 0.330 e. The third kappa shape index (κ3) is 5.16. The van der Waals surface area contributed by atoms with E-state index >= 15 is 0 Å². The van der Waals surface area contributed by atoms with Crippen LogP contribution in [0.15, 0.2) is 12.7 Å². The van der Waals surface area contributed by atoms with Gasteiger partial charge in [0.1, 0.15) is 5.41 Å². The van der Waals surface area contributed by atoms with Gasteiger partial charge in [-0.2, -0.15) is 0 Å². The van der Waals surface area contributed by atoms with Gasteiger partial charge in [0.2, 0.25) is 0 Å². The zero-order chi connectivity index (χ0) is 11.0. The van der Waals surface area contributed by atoms with E-state index in [1.165, 1.54) is 0 Å². The Morgan fingerprint density at radius 3 is 2.50 bits per heavy atom. The molecule has 0 saturated heterocycles. The molecule has 0 heterocycles. The zero-order valence-corrected chi connectivity index (χ0v) is 11.0. The fourth-order valence-electron chi connectivity index (χ4n) is 0.912. The number of ether oxygens (including phenoxy) is 3. The second-order valence-electron chi connectivity index (χ2n) is 3.02. The second-order valence-corrected chi connectivity index (χ2v) is 4.54. The average molecular weight is 218 g/mol. The predicted octanol–water partition coefficient (Wildman–Crippen LogP) is -0.192. The zero-order valence-electron chi connectivity index (χ0n) is 9.04. The molecule has 0 aliphatic rings. The Morgan fingerprint density at radius 1 is 1.50 bits per heavy atom. The molecule has 0 unspecified atom stereocenters. The van der Waals surface area contributed by atoms with Gasteiger partial charge in [-0.25, -0.2) is 4.79 Å². The minimum atomic E-state index is -0.458. The second kappa shape index (κ2) is 6.75. The van der Waals surface area contributed by atoms with E-state index in [-0.39, 0.29) is 0 Å². The highest BCUT2D eigenvalue weighted by molar-refractivity contribution is 6.13. The van der Waals surface area contributed by atoms with E-state index in [0.717, 1.165) is 29.2 Å². The Morgan fingerprint density at radius 2 is 2.07 bits per heavy atom. The normalized spacial score (nSPS) is 11.3. The van der Waals surface area contributed by atoms with Crippen molar-refractivity contribution in [1.82, 2.24) is 0 Å². The van der Waals surface area contributed by atoms with E-state index < -0.39 is 11.4 Å². The maximum absolute atomic E-state index is 10.7. The van der Waals surface area contributed by atoms with E-state index in [0.29, 0.717) is 6.61 Å². The SMILES string of the molecule is C=CC(=O)OCCCC([SiH3])(OC)OC. The summed E-state index contributed by atoms with van der Waals surface area (Å²) in [5, 5.41) is 0. The van der Waals surface area contributed by atoms with Crippen LogP contribution in [-0.2, 0) is 19.0 Å². The van der Waals surface area contributed by atoms with Crippen LogP contribution in [0.1, 0.15) is 12.8 Å². The van der Waals surface area contributed by atoms with Crippen molar-refractivity contribution < 1.29 is 19.0 Å². The number of hydrogen-bond donors (Lipinski definition) is 0. The molecule has 0 aliphatic carbocycles. The van der Waals surface area contributed by atoms with E-state index in [4.69, 9.17) is 14.2 Å². The van der Waals surface area contributed by atoms with Crippen LogP contribution >= 0.6 is 0 Å². The Hall–Kier alpha value is -0.653. The molecule has 0 aliphatic heterocycles. The number of carbonyl (C=O) groups excluding carboxylic acids is 1. The first-order valence-corrected chi connectivity index (χ1v) is 5.47. The molecule has 4 nitrogen and oxygen atoms in total. The summed E-state index contributed by atoms with van der Waals surface area (Å²) in [7, 11) is 4.01. The fraction of sp³-hybridized carbons (Fsp3) is 0.667. The maximum atomic E-state index is 10.7. The lowest BCUT2D eigenvalue weighted by molar-refractivity contribution is -0.151. The molecule has 0 fully saturated rings. The van der Waals surface area contributed by atoms with E-state index in [1.807, 2.05) is 0 Å². The monoisotopic (exact) mass is 218 g/mol. The summed E-state index contributed by atoms with van der Waals surface area (Å²) in [6.45, 7) is 3.68. The van der Waals surface area contributed by atoms with Crippen LogP contribution in [0.5, 0.6) is 0 Å². The van der Waals surface area contributed by atoms with Crippen LogP contribution in [-0.4, -0.2) is 42.4 Å². The standard InChI is InChI=1S/C9H18O4Si/c1-4-8(10)13-7-5-6-9(14,11-2)12-3/h4H,1,5-7H2,2-3,14H3. The van der Waals surface area contributed by atoms with Crippen LogP contribution in [0, 0.1) is 0 Å². The molecule has 0 radical (unpaired) electrons. The molecule has 0 aromatic heterocycles. The number of rotatable bonds is 7. The van der Waals surface area contributed by atoms with Crippen LogP contribution in [0.25, 0.3) is 0 Å². The van der Waals surface area contributed by atoms with E-state index in [2.05, 4.69) is 6.58 Å². The quantitative estimate of drug-likeness (QED) is 0.195. The molecule has 0 spiro atoms. The Bertz CT molecular complexity index is 189. The van der Waals surface area contributed by atoms with Crippen molar-refractivity contribution in [3.63, 3.8) is 0 Å². The van der Waals surface area contributed by atoms with Crippen molar-refractivity contribution in [2.45, 2.75) is 18.3 Å². The van der Waals surface area contributed by atoms with Gasteiger partial charge in [-0.1, -0.05) is 6.58 Å². The highest BCUT2D eigenvalue weighted by Crippen LogP contribution is 2.13. The van der Waals surface area contributed by atoms with E-state index in [1.54, 1.807) is 14.2 Å². The molecule has 0 saturated carbocycles. The van der Waals surface area contributed by atoms with Crippen molar-refractivity contribution in [2.24, 2.45) is 0 Å². The lowest BCUT2D eigenvalue weighted by atomic mass is 10.3. The number of hydrogen-bond acceptors (Lipinski definition) is 4. The van der Waals surface area contributed by atoms with E-state index in [9.17, 15) is 4.79 Å². The van der Waals surface area contributed by atoms with Gasteiger partial charge in [0.25, 0.3) is 0 Å². The summed E-state index contributed by atoms with van der Waals surface area (Å²) in [4.78, 5) is 10.7. The largest absolute Gasteiger partial charge is 0.463 e. The van der Waals surface area contributed by atoms with Gasteiger partial charge in [0.05, 0.1) is 16.8 Å². The van der Waals surface area contributed by atoms with Gasteiger partial charge in [-0.15, -0.1) is 0 Å². The topological polar surface area (TPSA) is 44.8 Å². The third-order valence-corrected chi connectivity index (χ3v) is 3.37. The summed E-state index contributed by atoms with van der Waals surface area (Å²) in [5.41, 5.74) is -0.458. The van der Waals surface area contributed by atoms with Crippen LogP contribution in [0.4, 0.5) is 0 Å². The van der Waals surface area contributed by atoms with Gasteiger partial charge in [0, 0.05) is 20.3 Å². The number of methoxy groups -OCH3 is 2. The fourth-order valence-corrected chi connectivity index (χ4v) is 1.27. The lowest BCUT2D eigenvalue weighted by Gasteiger charge is -2.26. The van der Waals surface area contributed by atoms with Gasteiger partial charge in [0.15, 0.2) is 0 Å². The van der Waals surface area contributed by atoms with Gasteiger partial charge < -0.3 is 14.2 Å². The minimum Gasteiger partial charge on any atom is -0.463 e. The summed E-state index contributed by atoms with van der Waals surface area (Å²) in [5.74, 6) is -0.390. The molecular weight excluding hydrogens is 200 g/mol. The molecule has 0 bridgehead atoms. The molecule has 0 atom stereocenters. The molecule has 5 heteroatoms. The molecule has 0 N–H and O–H groups in total. The first-order chi connectivity index (χ1) is 6.58. The number of esters is 1. The molecule has 14 heavy (non-hydrogen) atoms. The molecule has 0 aromatic rings. The Kier molecular flexibility index (Phi) is 6.43. The highest BCUT2D eigenvalue weighted by Gasteiger charge is 2.21. The summed E-state index contributed by atoms with van der Waals surface area (Å²) in [6, 6.07) is 0. The first-order valence-electron chi connectivity index (χ1n) is 4.47. The van der Waals surface area contributed by atoms with Gasteiger partial charge in [-0.3, -0.25) is 0 Å². The minimum absolute atomic E-state index is 0.377. The molecule has 82 valence electrons. The summed E-state index contributed by atoms with van der Waals surface area (Å²) in [6.07, 6.45) is 2.61. The summed E-state index contributed by atoms with van der Waals surface area (Å²) >= 11 is 0. The first kappa shape index (κ1) is 13.3. The van der Waals surface area contributed by atoms with Crippen molar-refractivity contribution in [1.29, 1.82) is 0 Å². The van der Waals surface area contributed by atoms with Gasteiger partial charge >= 0.3 is 5.97 Å². The van der Waals surface area contributed by atoms with Gasteiger partial charge in [-0.05, 0) is 12.8 Å². The molecule has 0 amide bonds. The third-order valence-electron chi connectivity index (χ3n) is 2.05. The average Bonchev–Trinajstić information content (AvgIpc) is 2.23. The summed E-state index contributed by atoms with van der Waals surface area (Å²) < 4.78 is 15.2. The van der Waals surface area contributed by atoms with Crippen molar-refractivity contribution >= 4 is 16.2 Å². The Balaban J connectivity index is 3.62. The van der Waals surface area contributed by atoms with Crippen LogP contribution in [0.2, 0.25) is 0 Å². The molecular formula is C9H18O4Si. The molecule has 0 aromatic carbocycles. The highest BCUT2D eigenvalue weighted by atomic mass is 28.1. The Labute approximate surface area is 87.6 Å². The smallest absolute Gasteiger partial charge is 0.330 e. The predicted molar refractivity (Wildman–Crippen MR) is 57.1 cm³/mol.